The number of benzene rings is 1. The van der Waals surface area contributed by atoms with Crippen molar-refractivity contribution in [2.45, 2.75) is 19.5 Å². The van der Waals surface area contributed by atoms with Crippen molar-refractivity contribution in [3.63, 3.8) is 0 Å². The van der Waals surface area contributed by atoms with Crippen molar-refractivity contribution in [3.8, 4) is 0 Å². The lowest BCUT2D eigenvalue weighted by atomic mass is 10.2. The Bertz CT molecular complexity index is 344. The predicted octanol–water partition coefficient (Wildman–Crippen LogP) is 1.99. The average molecular weight is 287 g/mol. The summed E-state index contributed by atoms with van der Waals surface area (Å²) in [6, 6.07) is 6.39. The minimum atomic E-state index is 0.117. The van der Waals surface area contributed by atoms with Crippen LogP contribution in [-0.2, 0) is 6.54 Å². The highest BCUT2D eigenvalue weighted by atomic mass is 79.9. The average Bonchev–Trinajstić information content (AvgIpc) is 2.28. The molecule has 1 rings (SSSR count). The summed E-state index contributed by atoms with van der Waals surface area (Å²) in [5.41, 5.74) is 2.34. The number of anilines is 1. The minimum absolute atomic E-state index is 0.117. The zero-order chi connectivity index (χ0) is 12.1. The van der Waals surface area contributed by atoms with Gasteiger partial charge in [0, 0.05) is 24.1 Å². The van der Waals surface area contributed by atoms with E-state index in [9.17, 15) is 0 Å². The Morgan fingerprint density at radius 2 is 2.19 bits per heavy atom. The van der Waals surface area contributed by atoms with E-state index < -0.39 is 0 Å². The van der Waals surface area contributed by atoms with Crippen LogP contribution in [0.15, 0.2) is 22.7 Å². The van der Waals surface area contributed by atoms with Crippen LogP contribution in [0.5, 0.6) is 0 Å². The second-order valence-corrected chi connectivity index (χ2v) is 4.81. The second-order valence-electron chi connectivity index (χ2n) is 3.96. The first-order valence-corrected chi connectivity index (χ1v) is 6.16. The molecule has 0 aliphatic carbocycles. The van der Waals surface area contributed by atoms with Gasteiger partial charge in [0.2, 0.25) is 0 Å². The van der Waals surface area contributed by atoms with Crippen molar-refractivity contribution in [2.75, 3.05) is 25.6 Å². The highest BCUT2D eigenvalue weighted by Crippen LogP contribution is 2.27. The molecule has 0 bridgehead atoms. The monoisotopic (exact) mass is 286 g/mol. The molecule has 0 spiro atoms. The van der Waals surface area contributed by atoms with Crippen molar-refractivity contribution in [2.24, 2.45) is 0 Å². The maximum Gasteiger partial charge on any atom is 0.0632 e. The van der Waals surface area contributed by atoms with Crippen LogP contribution in [0.3, 0.4) is 0 Å². The topological polar surface area (TPSA) is 35.5 Å². The zero-order valence-corrected chi connectivity index (χ0v) is 11.6. The molecule has 0 aromatic heterocycles. The van der Waals surface area contributed by atoms with Crippen molar-refractivity contribution < 1.29 is 5.11 Å². The van der Waals surface area contributed by atoms with Gasteiger partial charge >= 0.3 is 0 Å². The van der Waals surface area contributed by atoms with Gasteiger partial charge in [-0.25, -0.2) is 0 Å². The number of aliphatic hydroxyl groups excluding tert-OH is 1. The van der Waals surface area contributed by atoms with Crippen LogP contribution in [-0.4, -0.2) is 31.9 Å². The zero-order valence-electron chi connectivity index (χ0n) is 10.00. The Morgan fingerprint density at radius 3 is 2.69 bits per heavy atom. The molecule has 0 saturated heterocycles. The molecule has 90 valence electrons. The molecule has 1 atom stereocenters. The predicted molar refractivity (Wildman–Crippen MR) is 71.9 cm³/mol. The Morgan fingerprint density at radius 1 is 1.50 bits per heavy atom. The van der Waals surface area contributed by atoms with E-state index in [1.165, 1.54) is 5.56 Å². The van der Waals surface area contributed by atoms with Crippen molar-refractivity contribution in [3.05, 3.63) is 28.2 Å². The summed E-state index contributed by atoms with van der Waals surface area (Å²) in [4.78, 5) is 2.06. The van der Waals surface area contributed by atoms with Gasteiger partial charge in [0.15, 0.2) is 0 Å². The lowest BCUT2D eigenvalue weighted by Gasteiger charge is -2.26. The summed E-state index contributed by atoms with van der Waals surface area (Å²) in [6.45, 7) is 3.01. The van der Waals surface area contributed by atoms with Crippen molar-refractivity contribution >= 4 is 21.6 Å². The molecule has 2 N–H and O–H groups in total. The van der Waals surface area contributed by atoms with Gasteiger partial charge in [0.25, 0.3) is 0 Å². The third kappa shape index (κ3) is 3.20. The normalized spacial score (nSPS) is 12.6. The molecule has 0 aliphatic rings. The van der Waals surface area contributed by atoms with Crippen LogP contribution >= 0.6 is 15.9 Å². The van der Waals surface area contributed by atoms with Crippen molar-refractivity contribution in [1.82, 2.24) is 5.32 Å². The number of likely N-dealkylation sites (N-methyl/N-ethyl adjacent to an activating group) is 1. The van der Waals surface area contributed by atoms with Gasteiger partial charge in [-0.2, -0.15) is 0 Å². The maximum absolute atomic E-state index is 9.13. The van der Waals surface area contributed by atoms with Gasteiger partial charge in [0.05, 0.1) is 12.3 Å². The van der Waals surface area contributed by atoms with E-state index in [1.807, 2.05) is 21.0 Å². The third-order valence-corrected chi connectivity index (χ3v) is 3.33. The van der Waals surface area contributed by atoms with Gasteiger partial charge < -0.3 is 15.3 Å². The molecule has 0 amide bonds. The van der Waals surface area contributed by atoms with E-state index in [1.54, 1.807) is 0 Å². The quantitative estimate of drug-likeness (QED) is 0.869. The molecule has 1 aromatic carbocycles. The lowest BCUT2D eigenvalue weighted by molar-refractivity contribution is 0.270. The number of nitrogens with one attached hydrogen (secondary N) is 1. The summed E-state index contributed by atoms with van der Waals surface area (Å²) >= 11 is 3.56. The van der Waals surface area contributed by atoms with E-state index in [0.29, 0.717) is 0 Å². The van der Waals surface area contributed by atoms with Gasteiger partial charge in [-0.15, -0.1) is 0 Å². The molecule has 0 radical (unpaired) electrons. The Labute approximate surface area is 106 Å². The first-order valence-electron chi connectivity index (χ1n) is 5.36. The Balaban J connectivity index is 2.89. The summed E-state index contributed by atoms with van der Waals surface area (Å²) in [5.74, 6) is 0. The van der Waals surface area contributed by atoms with E-state index in [4.69, 9.17) is 5.11 Å². The van der Waals surface area contributed by atoms with E-state index in [0.717, 1.165) is 16.7 Å². The number of rotatable bonds is 5. The minimum Gasteiger partial charge on any atom is -0.394 e. The molecule has 3 nitrogen and oxygen atoms in total. The number of hydrogen-bond donors (Lipinski definition) is 2. The molecule has 0 saturated carbocycles. The van der Waals surface area contributed by atoms with Gasteiger partial charge in [-0.1, -0.05) is 6.07 Å². The molecule has 0 heterocycles. The molecule has 16 heavy (non-hydrogen) atoms. The Hall–Kier alpha value is -0.580. The molecule has 1 unspecified atom stereocenters. The fourth-order valence-corrected chi connectivity index (χ4v) is 2.22. The van der Waals surface area contributed by atoms with Gasteiger partial charge in [-0.05, 0) is 47.6 Å². The number of halogens is 1. The van der Waals surface area contributed by atoms with Crippen LogP contribution in [0.1, 0.15) is 12.5 Å². The fourth-order valence-electron chi connectivity index (χ4n) is 1.51. The molecule has 0 fully saturated rings. The van der Waals surface area contributed by atoms with E-state index >= 15 is 0 Å². The number of aliphatic hydroxyl groups is 1. The summed E-state index contributed by atoms with van der Waals surface area (Å²) in [6.07, 6.45) is 0. The first-order chi connectivity index (χ1) is 7.60. The molecular weight excluding hydrogens is 268 g/mol. The standard InChI is InChI=1S/C12H19BrN2O/c1-9(8-16)15(3)12-5-4-10(7-14-2)6-11(12)13/h4-6,9,14,16H,7-8H2,1-3H3. The number of hydrogen-bond acceptors (Lipinski definition) is 3. The highest BCUT2D eigenvalue weighted by Gasteiger charge is 2.11. The third-order valence-electron chi connectivity index (χ3n) is 2.70. The summed E-state index contributed by atoms with van der Waals surface area (Å²) in [7, 11) is 3.92. The molecule has 4 heteroatoms. The van der Waals surface area contributed by atoms with Crippen LogP contribution in [0.25, 0.3) is 0 Å². The SMILES string of the molecule is CNCc1ccc(N(C)C(C)CO)c(Br)c1. The largest absolute Gasteiger partial charge is 0.394 e. The fraction of sp³-hybridized carbons (Fsp3) is 0.500. The first kappa shape index (κ1) is 13.5. The molecule has 1 aromatic rings. The van der Waals surface area contributed by atoms with Crippen LogP contribution in [0.2, 0.25) is 0 Å². The van der Waals surface area contributed by atoms with Gasteiger partial charge in [0.1, 0.15) is 0 Å². The molecular formula is C12H19BrN2O. The summed E-state index contributed by atoms with van der Waals surface area (Å²) < 4.78 is 1.06. The maximum atomic E-state index is 9.13. The highest BCUT2D eigenvalue weighted by molar-refractivity contribution is 9.10. The van der Waals surface area contributed by atoms with Crippen LogP contribution in [0, 0.1) is 0 Å². The van der Waals surface area contributed by atoms with E-state index in [-0.39, 0.29) is 12.6 Å². The van der Waals surface area contributed by atoms with Crippen molar-refractivity contribution in [1.29, 1.82) is 0 Å². The summed E-state index contributed by atoms with van der Waals surface area (Å²) in [5, 5.41) is 12.2. The second kappa shape index (κ2) is 6.23. The number of nitrogens with zero attached hydrogens (tertiary/aromatic N) is 1. The lowest BCUT2D eigenvalue weighted by Crippen LogP contribution is -2.32. The van der Waals surface area contributed by atoms with Crippen LogP contribution in [0.4, 0.5) is 5.69 Å². The Kier molecular flexibility index (Phi) is 5.25. The van der Waals surface area contributed by atoms with Crippen LogP contribution < -0.4 is 10.2 Å². The smallest absolute Gasteiger partial charge is 0.0632 e. The van der Waals surface area contributed by atoms with E-state index in [2.05, 4.69) is 44.3 Å². The van der Waals surface area contributed by atoms with Gasteiger partial charge in [-0.3, -0.25) is 0 Å². The molecule has 0 aliphatic heterocycles.